The van der Waals surface area contributed by atoms with E-state index in [0.717, 1.165) is 24.3 Å². The maximum atomic E-state index is 13.6. The van der Waals surface area contributed by atoms with Gasteiger partial charge in [0.15, 0.2) is 0 Å². The van der Waals surface area contributed by atoms with E-state index in [-0.39, 0.29) is 11.8 Å². The summed E-state index contributed by atoms with van der Waals surface area (Å²) in [5.41, 5.74) is 3.20. The molecule has 2 amide bonds. The van der Waals surface area contributed by atoms with Gasteiger partial charge in [0, 0.05) is 31.9 Å². The molecule has 2 aliphatic heterocycles. The van der Waals surface area contributed by atoms with Crippen LogP contribution in [0.3, 0.4) is 0 Å². The Morgan fingerprint density at radius 2 is 1.19 bits per heavy atom. The monoisotopic (exact) mass is 443 g/mol. The zero-order valence-corrected chi connectivity index (χ0v) is 18.2. The average molecular weight is 444 g/mol. The molecule has 0 bridgehead atoms. The normalized spacial score (nSPS) is 16.8. The van der Waals surface area contributed by atoms with E-state index in [9.17, 15) is 9.59 Å². The number of imide groups is 1. The van der Waals surface area contributed by atoms with Crippen LogP contribution in [0.15, 0.2) is 90.6 Å². The van der Waals surface area contributed by atoms with Gasteiger partial charge in [-0.05, 0) is 29.8 Å². The second-order valence-electron chi connectivity index (χ2n) is 7.80. The predicted octanol–water partition coefficient (Wildman–Crippen LogP) is 4.45. The van der Waals surface area contributed by atoms with Crippen molar-refractivity contribution < 1.29 is 9.59 Å². The lowest BCUT2D eigenvalue weighted by Crippen LogP contribution is -2.47. The van der Waals surface area contributed by atoms with Crippen molar-refractivity contribution >= 4 is 40.4 Å². The molecule has 160 valence electrons. The minimum Gasteiger partial charge on any atom is -0.368 e. The summed E-state index contributed by atoms with van der Waals surface area (Å²) in [7, 11) is 0. The Balaban J connectivity index is 1.50. The molecular weight excluding hydrogens is 422 g/mol. The average Bonchev–Trinajstić information content (AvgIpc) is 3.10. The molecule has 0 aliphatic carbocycles. The molecule has 2 heterocycles. The van der Waals surface area contributed by atoms with Gasteiger partial charge in [-0.3, -0.25) is 9.59 Å². The smallest absolute Gasteiger partial charge is 0.282 e. The van der Waals surface area contributed by atoms with E-state index in [0.29, 0.717) is 35.1 Å². The third-order valence-corrected chi connectivity index (χ3v) is 6.25. The highest BCUT2D eigenvalue weighted by Gasteiger charge is 2.43. The van der Waals surface area contributed by atoms with Gasteiger partial charge in [0.1, 0.15) is 5.70 Å². The molecule has 3 aromatic carbocycles. The number of benzene rings is 3. The number of para-hydroxylation sites is 2. The van der Waals surface area contributed by atoms with Crippen molar-refractivity contribution in [3.05, 3.63) is 101 Å². The summed E-state index contributed by atoms with van der Waals surface area (Å²) in [5.74, 6) is -0.662. The summed E-state index contributed by atoms with van der Waals surface area (Å²) >= 11 is 6.36. The van der Waals surface area contributed by atoms with Crippen LogP contribution in [0, 0.1) is 0 Å². The van der Waals surface area contributed by atoms with Crippen molar-refractivity contribution in [2.75, 3.05) is 36.0 Å². The Kier molecular flexibility index (Phi) is 5.41. The van der Waals surface area contributed by atoms with E-state index in [4.69, 9.17) is 11.6 Å². The fourth-order valence-corrected chi connectivity index (χ4v) is 4.58. The van der Waals surface area contributed by atoms with Crippen LogP contribution in [0.4, 0.5) is 11.4 Å². The van der Waals surface area contributed by atoms with Gasteiger partial charge in [0.05, 0.1) is 16.3 Å². The summed E-state index contributed by atoms with van der Waals surface area (Å²) in [5, 5.41) is 0.372. The van der Waals surface area contributed by atoms with Crippen molar-refractivity contribution in [1.29, 1.82) is 0 Å². The molecule has 0 N–H and O–H groups in total. The summed E-state index contributed by atoms with van der Waals surface area (Å²) in [6.45, 7) is 2.83. The fourth-order valence-electron chi connectivity index (χ4n) is 4.36. The van der Waals surface area contributed by atoms with Crippen LogP contribution in [0.2, 0.25) is 5.02 Å². The predicted molar refractivity (Wildman–Crippen MR) is 128 cm³/mol. The van der Waals surface area contributed by atoms with Crippen molar-refractivity contribution in [2.24, 2.45) is 0 Å². The number of halogens is 1. The third-order valence-electron chi connectivity index (χ3n) is 5.93. The van der Waals surface area contributed by atoms with Gasteiger partial charge in [0.2, 0.25) is 0 Å². The zero-order valence-electron chi connectivity index (χ0n) is 17.4. The maximum Gasteiger partial charge on any atom is 0.282 e. The first kappa shape index (κ1) is 20.3. The third kappa shape index (κ3) is 3.55. The largest absolute Gasteiger partial charge is 0.368 e. The first-order chi connectivity index (χ1) is 15.6. The van der Waals surface area contributed by atoms with E-state index in [1.807, 2.05) is 53.4 Å². The van der Waals surface area contributed by atoms with E-state index in [2.05, 4.69) is 17.0 Å². The highest BCUT2D eigenvalue weighted by molar-refractivity contribution is 6.47. The summed E-state index contributed by atoms with van der Waals surface area (Å²) in [6, 6.07) is 26.6. The summed E-state index contributed by atoms with van der Waals surface area (Å²) < 4.78 is 0. The molecule has 1 fully saturated rings. The Bertz CT molecular complexity index is 1190. The number of hydrogen-bond acceptors (Lipinski definition) is 4. The second kappa shape index (κ2) is 8.52. The van der Waals surface area contributed by atoms with Gasteiger partial charge in [0.25, 0.3) is 11.8 Å². The number of carbonyl (C=O) groups is 2. The topological polar surface area (TPSA) is 43.9 Å². The molecule has 0 atom stereocenters. The van der Waals surface area contributed by atoms with Gasteiger partial charge in [-0.15, -0.1) is 0 Å². The molecule has 3 aromatic rings. The molecular formula is C26H22ClN3O2. The second-order valence-corrected chi connectivity index (χ2v) is 8.20. The molecule has 0 aromatic heterocycles. The number of nitrogens with zero attached hydrogens (tertiary/aromatic N) is 3. The van der Waals surface area contributed by atoms with Gasteiger partial charge < -0.3 is 9.80 Å². The number of rotatable bonds is 4. The minimum atomic E-state index is -0.338. The van der Waals surface area contributed by atoms with Crippen molar-refractivity contribution in [1.82, 2.24) is 4.90 Å². The van der Waals surface area contributed by atoms with Crippen LogP contribution in [-0.2, 0) is 9.59 Å². The molecule has 0 radical (unpaired) electrons. The molecule has 5 rings (SSSR count). The number of anilines is 2. The highest BCUT2D eigenvalue weighted by Crippen LogP contribution is 2.37. The standard InChI is InChI=1S/C26H22ClN3O2/c27-21-13-7-8-14-22(21)30-25(31)23(19-9-3-1-4-10-19)24(26(30)32)29-17-15-28(16-18-29)20-11-5-2-6-12-20/h1-14H,15-18H2. The van der Waals surface area contributed by atoms with Crippen LogP contribution in [0.25, 0.3) is 5.57 Å². The Hall–Kier alpha value is -3.57. The number of hydrogen-bond donors (Lipinski definition) is 0. The van der Waals surface area contributed by atoms with Crippen molar-refractivity contribution in [3.63, 3.8) is 0 Å². The number of carbonyl (C=O) groups excluding carboxylic acids is 2. The molecule has 1 saturated heterocycles. The lowest BCUT2D eigenvalue weighted by molar-refractivity contribution is -0.120. The lowest BCUT2D eigenvalue weighted by Gasteiger charge is -2.37. The zero-order chi connectivity index (χ0) is 22.1. The van der Waals surface area contributed by atoms with E-state index in [1.165, 1.54) is 4.90 Å². The van der Waals surface area contributed by atoms with Crippen LogP contribution in [0.5, 0.6) is 0 Å². The van der Waals surface area contributed by atoms with Crippen LogP contribution < -0.4 is 9.80 Å². The number of amides is 2. The fraction of sp³-hybridized carbons (Fsp3) is 0.154. The lowest BCUT2D eigenvalue weighted by atomic mass is 10.0. The minimum absolute atomic E-state index is 0.324. The quantitative estimate of drug-likeness (QED) is 0.559. The van der Waals surface area contributed by atoms with E-state index >= 15 is 0 Å². The van der Waals surface area contributed by atoms with Crippen LogP contribution in [-0.4, -0.2) is 42.9 Å². The molecule has 32 heavy (non-hydrogen) atoms. The molecule has 0 spiro atoms. The maximum absolute atomic E-state index is 13.6. The Morgan fingerprint density at radius 3 is 1.84 bits per heavy atom. The highest BCUT2D eigenvalue weighted by atomic mass is 35.5. The Morgan fingerprint density at radius 1 is 0.625 bits per heavy atom. The van der Waals surface area contributed by atoms with E-state index in [1.54, 1.807) is 24.3 Å². The van der Waals surface area contributed by atoms with E-state index < -0.39 is 0 Å². The first-order valence-electron chi connectivity index (χ1n) is 10.6. The molecule has 5 nitrogen and oxygen atoms in total. The van der Waals surface area contributed by atoms with Crippen LogP contribution >= 0.6 is 11.6 Å². The summed E-state index contributed by atoms with van der Waals surface area (Å²) in [6.07, 6.45) is 0. The van der Waals surface area contributed by atoms with Gasteiger partial charge >= 0.3 is 0 Å². The molecule has 2 aliphatic rings. The van der Waals surface area contributed by atoms with Gasteiger partial charge in [-0.2, -0.15) is 0 Å². The van der Waals surface area contributed by atoms with Crippen molar-refractivity contribution in [3.8, 4) is 0 Å². The summed E-state index contributed by atoms with van der Waals surface area (Å²) in [4.78, 5) is 32.7. The molecule has 0 saturated carbocycles. The molecule has 6 heteroatoms. The van der Waals surface area contributed by atoms with Crippen LogP contribution in [0.1, 0.15) is 5.56 Å². The Labute approximate surface area is 192 Å². The van der Waals surface area contributed by atoms with Gasteiger partial charge in [-0.25, -0.2) is 4.90 Å². The van der Waals surface area contributed by atoms with Gasteiger partial charge in [-0.1, -0.05) is 72.3 Å². The molecule has 0 unspecified atom stereocenters. The number of piperazine rings is 1. The first-order valence-corrected chi connectivity index (χ1v) is 11.0. The SMILES string of the molecule is O=C1C(c2ccccc2)=C(N2CCN(c3ccccc3)CC2)C(=O)N1c1ccccc1Cl. The van der Waals surface area contributed by atoms with Crippen molar-refractivity contribution in [2.45, 2.75) is 0 Å².